The number of aliphatic carboxylic acids is 1. The third-order valence-corrected chi connectivity index (χ3v) is 8.77. The first-order valence-corrected chi connectivity index (χ1v) is 12.2. The summed E-state index contributed by atoms with van der Waals surface area (Å²) in [5.41, 5.74) is 0. The normalized spacial score (nSPS) is 12.7. The molecule has 0 bridgehead atoms. The zero-order valence-electron chi connectivity index (χ0n) is 14.6. The van der Waals surface area contributed by atoms with Crippen LogP contribution in [0.4, 0.5) is 0 Å². The summed E-state index contributed by atoms with van der Waals surface area (Å²) in [6.45, 7) is 3.40. The molecule has 0 aliphatic carbocycles. The fourth-order valence-corrected chi connectivity index (χ4v) is 5.72. The van der Waals surface area contributed by atoms with E-state index >= 15 is 0 Å². The molecule has 9 heteroatoms. The number of halogens is 2. The Hall–Kier alpha value is -0.860. The molecule has 0 spiro atoms. The van der Waals surface area contributed by atoms with E-state index < -0.39 is 21.1 Å². The summed E-state index contributed by atoms with van der Waals surface area (Å²) in [4.78, 5) is 13.7. The number of sulfone groups is 1. The van der Waals surface area contributed by atoms with Crippen LogP contribution >= 0.6 is 46.7 Å². The van der Waals surface area contributed by atoms with Gasteiger partial charge in [0.2, 0.25) is 0 Å². The average Bonchev–Trinajstić information content (AvgIpc) is 2.62. The molecule has 1 unspecified atom stereocenters. The monoisotopic (exact) mass is 464 g/mol. The van der Waals surface area contributed by atoms with Crippen LogP contribution in [0.15, 0.2) is 56.0 Å². The van der Waals surface area contributed by atoms with Gasteiger partial charge in [-0.2, -0.15) is 0 Å². The van der Waals surface area contributed by atoms with E-state index in [1.165, 1.54) is 35.7 Å². The number of carboxylic acid groups (broad SMARTS) is 1. The van der Waals surface area contributed by atoms with E-state index in [1.807, 2.05) is 6.92 Å². The minimum absolute atomic E-state index is 0.00149. The highest BCUT2D eigenvalue weighted by molar-refractivity contribution is 8.03. The number of carboxylic acids is 1. The van der Waals surface area contributed by atoms with E-state index in [-0.39, 0.29) is 10.6 Å². The van der Waals surface area contributed by atoms with Crippen LogP contribution < -0.4 is 0 Å². The van der Waals surface area contributed by atoms with E-state index in [0.29, 0.717) is 21.4 Å². The van der Waals surface area contributed by atoms with Gasteiger partial charge in [0.25, 0.3) is 0 Å². The van der Waals surface area contributed by atoms with Crippen LogP contribution in [-0.2, 0) is 14.6 Å². The molecule has 0 saturated heterocycles. The molecule has 0 amide bonds. The van der Waals surface area contributed by atoms with Crippen molar-refractivity contribution in [1.82, 2.24) is 0 Å². The molecule has 0 fully saturated rings. The molecule has 1 N–H and O–H groups in total. The Kier molecular flexibility index (Phi) is 7.94. The molecule has 0 aromatic heterocycles. The smallest absolute Gasteiger partial charge is 0.316 e. The van der Waals surface area contributed by atoms with Crippen molar-refractivity contribution in [1.29, 1.82) is 0 Å². The fourth-order valence-electron chi connectivity index (χ4n) is 2.16. The summed E-state index contributed by atoms with van der Waals surface area (Å²) in [5, 5.41) is 9.58. The predicted octanol–water partition coefficient (Wildman–Crippen LogP) is 5.89. The van der Waals surface area contributed by atoms with E-state index in [2.05, 4.69) is 0 Å². The van der Waals surface area contributed by atoms with Gasteiger partial charge in [-0.25, -0.2) is 8.42 Å². The number of thioether (sulfide) groups is 1. The number of carbonyl (C=O) groups is 1. The molecular weight excluding hydrogens is 447 g/mol. The summed E-state index contributed by atoms with van der Waals surface area (Å²) in [7, 11) is -3.34. The molecule has 2 rings (SSSR count). The average molecular weight is 465 g/mol. The van der Waals surface area contributed by atoms with E-state index in [4.69, 9.17) is 23.2 Å². The van der Waals surface area contributed by atoms with E-state index in [9.17, 15) is 18.3 Å². The number of rotatable bonds is 8. The molecule has 0 aliphatic heterocycles. The Morgan fingerprint density at radius 1 is 1.07 bits per heavy atom. The van der Waals surface area contributed by atoms with Crippen molar-refractivity contribution < 1.29 is 18.3 Å². The first kappa shape index (κ1) is 22.4. The van der Waals surface area contributed by atoms with Crippen LogP contribution in [0, 0.1) is 0 Å². The molecule has 4 nitrogen and oxygen atoms in total. The lowest BCUT2D eigenvalue weighted by atomic mass is 10.3. The summed E-state index contributed by atoms with van der Waals surface area (Å²) < 4.78 is 24.0. The van der Waals surface area contributed by atoms with Gasteiger partial charge < -0.3 is 5.11 Å². The lowest BCUT2D eigenvalue weighted by molar-refractivity contribution is -0.136. The molecule has 0 aliphatic rings. The fraction of sp³-hybridized carbons (Fsp3) is 0.278. The van der Waals surface area contributed by atoms with E-state index in [0.717, 1.165) is 9.79 Å². The first-order chi connectivity index (χ1) is 12.7. The number of hydrogen-bond acceptors (Lipinski definition) is 5. The van der Waals surface area contributed by atoms with Crippen molar-refractivity contribution in [3.05, 3.63) is 46.4 Å². The maximum Gasteiger partial charge on any atom is 0.316 e. The van der Waals surface area contributed by atoms with Gasteiger partial charge in [0.05, 0.1) is 15.7 Å². The second-order valence-corrected chi connectivity index (χ2v) is 11.0. The number of hydrogen-bond donors (Lipinski definition) is 1. The van der Waals surface area contributed by atoms with Crippen LogP contribution in [0.2, 0.25) is 10.0 Å². The summed E-state index contributed by atoms with van der Waals surface area (Å²) in [6.07, 6.45) is 0.483. The van der Waals surface area contributed by atoms with Gasteiger partial charge in [-0.15, -0.1) is 11.8 Å². The Bertz CT molecular complexity index is 946. The van der Waals surface area contributed by atoms with Gasteiger partial charge in [0.15, 0.2) is 9.84 Å². The summed E-state index contributed by atoms with van der Waals surface area (Å²) in [6, 6.07) is 9.85. The van der Waals surface area contributed by atoms with Crippen LogP contribution in [-0.4, -0.2) is 30.5 Å². The molecule has 27 heavy (non-hydrogen) atoms. The highest BCUT2D eigenvalue weighted by atomic mass is 35.5. The molecule has 0 saturated carbocycles. The van der Waals surface area contributed by atoms with Crippen molar-refractivity contribution in [3.63, 3.8) is 0 Å². The third-order valence-electron chi connectivity index (χ3n) is 3.68. The predicted molar refractivity (Wildman–Crippen MR) is 112 cm³/mol. The molecule has 2 aromatic carbocycles. The van der Waals surface area contributed by atoms with E-state index in [1.54, 1.807) is 31.2 Å². The zero-order valence-corrected chi connectivity index (χ0v) is 18.6. The van der Waals surface area contributed by atoms with Crippen molar-refractivity contribution in [3.8, 4) is 0 Å². The first-order valence-electron chi connectivity index (χ1n) is 8.07. The number of benzene rings is 2. The van der Waals surface area contributed by atoms with Gasteiger partial charge in [-0.05, 0) is 42.8 Å². The minimum atomic E-state index is -3.34. The van der Waals surface area contributed by atoms with Crippen LogP contribution in [0.5, 0.6) is 0 Å². The standard InChI is InChI=1S/C18H18Cl2O4S3/c1-3-14(18(21)22)25-16-7-5-11(19)9-17(16)26-15-8-6-12(10-13(15)20)27(23,24)4-2/h5-10,14H,3-4H2,1-2H3,(H,21,22). The van der Waals surface area contributed by atoms with Crippen molar-refractivity contribution >= 4 is 62.5 Å². The van der Waals surface area contributed by atoms with Crippen molar-refractivity contribution in [2.75, 3.05) is 5.75 Å². The van der Waals surface area contributed by atoms with Crippen LogP contribution in [0.1, 0.15) is 20.3 Å². The second-order valence-electron chi connectivity index (χ2n) is 5.54. The third kappa shape index (κ3) is 5.81. The lowest BCUT2D eigenvalue weighted by Gasteiger charge is -2.14. The Morgan fingerprint density at radius 2 is 1.74 bits per heavy atom. The molecule has 146 valence electrons. The quantitative estimate of drug-likeness (QED) is 0.490. The largest absolute Gasteiger partial charge is 0.480 e. The molecular formula is C18H18Cl2O4S3. The van der Waals surface area contributed by atoms with Gasteiger partial charge in [0.1, 0.15) is 5.25 Å². The van der Waals surface area contributed by atoms with Crippen molar-refractivity contribution in [2.45, 2.75) is 45.1 Å². The van der Waals surface area contributed by atoms with Crippen LogP contribution in [0.3, 0.4) is 0 Å². The molecule has 1 atom stereocenters. The SMILES string of the molecule is CCC(Sc1ccc(Cl)cc1Sc1ccc(S(=O)(=O)CC)cc1Cl)C(=O)O. The molecule has 2 aromatic rings. The van der Waals surface area contributed by atoms with Gasteiger partial charge in [-0.1, -0.05) is 48.8 Å². The Morgan fingerprint density at radius 3 is 2.30 bits per heavy atom. The highest BCUT2D eigenvalue weighted by Gasteiger charge is 2.20. The topological polar surface area (TPSA) is 71.4 Å². The van der Waals surface area contributed by atoms with Gasteiger partial charge in [-0.3, -0.25) is 4.79 Å². The maximum absolute atomic E-state index is 12.0. The molecule has 0 heterocycles. The summed E-state index contributed by atoms with van der Waals surface area (Å²) >= 11 is 15.0. The second kappa shape index (κ2) is 9.56. The summed E-state index contributed by atoms with van der Waals surface area (Å²) in [5.74, 6) is -0.876. The Balaban J connectivity index is 2.37. The highest BCUT2D eigenvalue weighted by Crippen LogP contribution is 2.42. The van der Waals surface area contributed by atoms with Crippen LogP contribution in [0.25, 0.3) is 0 Å². The minimum Gasteiger partial charge on any atom is -0.480 e. The zero-order chi connectivity index (χ0) is 20.2. The maximum atomic E-state index is 12.0. The van der Waals surface area contributed by atoms with Crippen molar-refractivity contribution in [2.24, 2.45) is 0 Å². The van der Waals surface area contributed by atoms with Gasteiger partial charge in [0, 0.05) is 19.7 Å². The van der Waals surface area contributed by atoms with Gasteiger partial charge >= 0.3 is 5.97 Å². The molecule has 0 radical (unpaired) electrons. The lowest BCUT2D eigenvalue weighted by Crippen LogP contribution is -2.14. The Labute approximate surface area is 177 Å².